The van der Waals surface area contributed by atoms with E-state index in [0.29, 0.717) is 19.3 Å². The molecule has 10 N–H and O–H groups in total. The summed E-state index contributed by atoms with van der Waals surface area (Å²) in [6.07, 6.45) is 0.0802. The van der Waals surface area contributed by atoms with Gasteiger partial charge in [-0.25, -0.2) is 4.79 Å². The number of nitrogens with one attached hydrogen (secondary N) is 7. The summed E-state index contributed by atoms with van der Waals surface area (Å²) in [4.78, 5) is 129. The Morgan fingerprint density at radius 1 is 0.746 bits per heavy atom. The lowest BCUT2D eigenvalue weighted by Crippen LogP contribution is -2.57. The summed E-state index contributed by atoms with van der Waals surface area (Å²) in [7, 11) is 0. The van der Waals surface area contributed by atoms with Crippen molar-refractivity contribution in [3.63, 3.8) is 0 Å². The SMILES string of the molecule is CC[C@H](C)[C@H](NC(=O)[C@H](C)NC(=O)CNC(=O)[C@H](CCC(N)=O)NC(=O)OCC1c2ccccc2-c2ccccc21)C(=O)NCC(=O)N[C@@H](CC(C)C)C(=O)N1CCC[C@H]1C(=O)NCC(=O)O. The molecule has 0 aromatic heterocycles. The minimum atomic E-state index is -1.31. The molecule has 2 aliphatic rings. The summed E-state index contributed by atoms with van der Waals surface area (Å²) in [6, 6.07) is 9.90. The molecule has 0 bridgehead atoms. The predicted molar refractivity (Wildman–Crippen MR) is 242 cm³/mol. The summed E-state index contributed by atoms with van der Waals surface area (Å²) in [5, 5.41) is 26.3. The minimum Gasteiger partial charge on any atom is -0.480 e. The number of alkyl carbamates (subject to hydrolysis) is 1. The quantitative estimate of drug-likeness (QED) is 0.0680. The maximum absolute atomic E-state index is 13.6. The fourth-order valence-corrected chi connectivity index (χ4v) is 7.97. The number of hydrogen-bond acceptors (Lipinski definition) is 11. The number of rotatable bonds is 24. The molecule has 0 spiro atoms. The van der Waals surface area contributed by atoms with Gasteiger partial charge in [0.05, 0.1) is 13.1 Å². The predicted octanol–water partition coefficient (Wildman–Crippen LogP) is 0.150. The number of hydrogen-bond donors (Lipinski definition) is 9. The molecule has 6 atom stereocenters. The van der Waals surface area contributed by atoms with Gasteiger partial charge in [0.1, 0.15) is 43.4 Å². The molecule has 1 aliphatic carbocycles. The second-order valence-electron chi connectivity index (χ2n) is 17.2. The average Bonchev–Trinajstić information content (AvgIpc) is 3.91. The highest BCUT2D eigenvalue weighted by molar-refractivity contribution is 5.96. The summed E-state index contributed by atoms with van der Waals surface area (Å²) in [6.45, 7) is 6.92. The Morgan fingerprint density at radius 3 is 1.93 bits per heavy atom. The number of nitrogens with zero attached hydrogens (tertiary/aromatic N) is 1. The molecular weight excluding hydrogens is 871 g/mol. The number of ether oxygens (including phenoxy) is 1. The van der Waals surface area contributed by atoms with Crippen molar-refractivity contribution < 1.29 is 57.8 Å². The van der Waals surface area contributed by atoms with Crippen molar-refractivity contribution in [2.24, 2.45) is 17.6 Å². The van der Waals surface area contributed by atoms with Crippen molar-refractivity contribution in [3.8, 4) is 11.1 Å². The standard InChI is InChI=1S/C46H63N9O12/c1-6-26(4)40(44(64)49-22-38(58)52-34(20-25(2)3)45(65)55-19-11-16-35(55)43(63)50-23-39(59)60)54-41(61)27(5)51-37(57)21-48-42(62)33(17-18-36(47)56)53-46(66)67-24-32-30-14-9-7-12-28(30)29-13-8-10-15-31(29)32/h7-10,12-15,25-27,32-35,40H,6,11,16-24H2,1-5H3,(H2,47,56)(H,48,62)(H,49,64)(H,50,63)(H,51,57)(H,52,58)(H,53,66)(H,54,61)(H,59,60)/t26-,27-,33-,34-,35-,40-/m0/s1. The summed E-state index contributed by atoms with van der Waals surface area (Å²) >= 11 is 0. The number of amides is 9. The number of benzene rings is 2. The first-order valence-electron chi connectivity index (χ1n) is 22.4. The average molecular weight is 934 g/mol. The smallest absolute Gasteiger partial charge is 0.407 e. The second kappa shape index (κ2) is 25.0. The highest BCUT2D eigenvalue weighted by Gasteiger charge is 2.38. The van der Waals surface area contributed by atoms with Crippen molar-refractivity contribution in [1.82, 2.24) is 42.1 Å². The Balaban J connectivity index is 1.27. The van der Waals surface area contributed by atoms with Gasteiger partial charge in [0, 0.05) is 18.9 Å². The molecule has 21 nitrogen and oxygen atoms in total. The number of carbonyl (C=O) groups is 10. The lowest BCUT2D eigenvalue weighted by Gasteiger charge is -2.29. The molecule has 2 aromatic rings. The van der Waals surface area contributed by atoms with Crippen LogP contribution < -0.4 is 43.0 Å². The van der Waals surface area contributed by atoms with E-state index in [9.17, 15) is 47.9 Å². The minimum absolute atomic E-state index is 0.0360. The topological polar surface area (TPSA) is 314 Å². The van der Waals surface area contributed by atoms with E-state index in [1.165, 1.54) is 11.8 Å². The van der Waals surface area contributed by atoms with Crippen LogP contribution in [0.15, 0.2) is 48.5 Å². The van der Waals surface area contributed by atoms with Gasteiger partial charge >= 0.3 is 12.1 Å². The molecule has 1 saturated heterocycles. The van der Waals surface area contributed by atoms with Crippen molar-refractivity contribution in [3.05, 3.63) is 59.7 Å². The van der Waals surface area contributed by atoms with Gasteiger partial charge in [-0.15, -0.1) is 0 Å². The monoisotopic (exact) mass is 933 g/mol. The zero-order chi connectivity index (χ0) is 49.4. The number of likely N-dealkylation sites (tertiary alicyclic amines) is 1. The number of fused-ring (bicyclic) bond motifs is 3. The molecule has 1 fully saturated rings. The van der Waals surface area contributed by atoms with Crippen molar-refractivity contribution in [2.45, 2.75) is 109 Å². The second-order valence-corrected chi connectivity index (χ2v) is 17.2. The zero-order valence-corrected chi connectivity index (χ0v) is 38.5. The fraction of sp³-hybridized carbons (Fsp3) is 0.522. The van der Waals surface area contributed by atoms with E-state index >= 15 is 0 Å². The van der Waals surface area contributed by atoms with Gasteiger partial charge in [0.25, 0.3) is 0 Å². The Kier molecular flexibility index (Phi) is 19.6. The molecule has 2 aromatic carbocycles. The van der Waals surface area contributed by atoms with Crippen LogP contribution in [0.25, 0.3) is 11.1 Å². The van der Waals surface area contributed by atoms with Crippen molar-refractivity contribution in [1.29, 1.82) is 0 Å². The molecule has 4 rings (SSSR count). The van der Waals surface area contributed by atoms with Crippen LogP contribution in [-0.2, 0) is 47.9 Å². The molecule has 364 valence electrons. The van der Waals surface area contributed by atoms with Crippen LogP contribution in [0.4, 0.5) is 4.79 Å². The number of aliphatic carboxylic acids is 1. The summed E-state index contributed by atoms with van der Waals surface area (Å²) < 4.78 is 5.55. The lowest BCUT2D eigenvalue weighted by atomic mass is 9.98. The molecule has 1 aliphatic heterocycles. The van der Waals surface area contributed by atoms with Crippen LogP contribution in [0.3, 0.4) is 0 Å². The fourth-order valence-electron chi connectivity index (χ4n) is 7.97. The molecule has 0 saturated carbocycles. The van der Waals surface area contributed by atoms with Crippen molar-refractivity contribution >= 4 is 59.3 Å². The van der Waals surface area contributed by atoms with E-state index in [2.05, 4.69) is 37.2 Å². The van der Waals surface area contributed by atoms with Gasteiger partial charge in [-0.1, -0.05) is 82.6 Å². The first-order chi connectivity index (χ1) is 31.8. The molecule has 1 heterocycles. The first kappa shape index (κ1) is 52.6. The number of primary amides is 1. The molecule has 67 heavy (non-hydrogen) atoms. The number of nitrogens with two attached hydrogens (primary N) is 1. The Hall–Kier alpha value is -7.06. The largest absolute Gasteiger partial charge is 0.480 e. The lowest BCUT2D eigenvalue weighted by molar-refractivity contribution is -0.143. The Bertz CT molecular complexity index is 2120. The van der Waals surface area contributed by atoms with Gasteiger partial charge in [-0.05, 0) is 66.7 Å². The van der Waals surface area contributed by atoms with E-state index in [1.807, 2.05) is 62.4 Å². The molecular formula is C46H63N9O12. The third-order valence-electron chi connectivity index (χ3n) is 11.6. The van der Waals surface area contributed by atoms with Crippen LogP contribution >= 0.6 is 0 Å². The molecule has 0 unspecified atom stereocenters. The zero-order valence-electron chi connectivity index (χ0n) is 38.5. The van der Waals surface area contributed by atoms with E-state index in [-0.39, 0.29) is 44.2 Å². The summed E-state index contributed by atoms with van der Waals surface area (Å²) in [5.41, 5.74) is 9.33. The maximum Gasteiger partial charge on any atom is 0.407 e. The van der Waals surface area contributed by atoms with E-state index in [4.69, 9.17) is 15.6 Å². The van der Waals surface area contributed by atoms with Gasteiger partial charge in [-0.3, -0.25) is 43.2 Å². The van der Waals surface area contributed by atoms with Crippen molar-refractivity contribution in [2.75, 3.05) is 32.8 Å². The summed E-state index contributed by atoms with van der Waals surface area (Å²) in [5.74, 6) is -7.62. The third kappa shape index (κ3) is 15.3. The van der Waals surface area contributed by atoms with Gasteiger partial charge in [-0.2, -0.15) is 0 Å². The third-order valence-corrected chi connectivity index (χ3v) is 11.6. The number of carbonyl (C=O) groups excluding carboxylic acids is 9. The van der Waals surface area contributed by atoms with Crippen LogP contribution in [0.5, 0.6) is 0 Å². The van der Waals surface area contributed by atoms with Crippen LogP contribution in [0.1, 0.15) is 90.2 Å². The first-order valence-corrected chi connectivity index (χ1v) is 22.4. The van der Waals surface area contributed by atoms with Crippen LogP contribution in [-0.4, -0.2) is 132 Å². The Labute approximate surface area is 388 Å². The van der Waals surface area contributed by atoms with E-state index in [0.717, 1.165) is 22.3 Å². The molecule has 9 amide bonds. The van der Waals surface area contributed by atoms with Gasteiger partial charge < -0.3 is 57.7 Å². The highest BCUT2D eigenvalue weighted by Crippen LogP contribution is 2.44. The van der Waals surface area contributed by atoms with Gasteiger partial charge in [0.15, 0.2) is 0 Å². The molecule has 21 heteroatoms. The van der Waals surface area contributed by atoms with Crippen LogP contribution in [0.2, 0.25) is 0 Å². The highest BCUT2D eigenvalue weighted by atomic mass is 16.5. The number of carboxylic acids is 1. The van der Waals surface area contributed by atoms with E-state index in [1.54, 1.807) is 13.8 Å². The maximum atomic E-state index is 13.6. The Morgan fingerprint density at radius 2 is 1.34 bits per heavy atom. The van der Waals surface area contributed by atoms with Crippen LogP contribution in [0, 0.1) is 11.8 Å². The normalized spacial score (nSPS) is 16.1. The molecule has 0 radical (unpaired) electrons. The number of carboxylic acid groups (broad SMARTS) is 1. The van der Waals surface area contributed by atoms with E-state index < -0.39 is 115 Å². The van der Waals surface area contributed by atoms with Gasteiger partial charge in [0.2, 0.25) is 47.3 Å².